The van der Waals surface area contributed by atoms with E-state index in [1.54, 1.807) is 0 Å². The fraction of sp³-hybridized carbons (Fsp3) is 0.188. The van der Waals surface area contributed by atoms with Crippen LogP contribution in [-0.2, 0) is 6.42 Å². The van der Waals surface area contributed by atoms with E-state index in [-0.39, 0.29) is 0 Å². The molecule has 109 valence electrons. The average molecular weight is 428 g/mol. The van der Waals surface area contributed by atoms with Gasteiger partial charge in [-0.1, -0.05) is 0 Å². The molecule has 0 spiro atoms. The van der Waals surface area contributed by atoms with Gasteiger partial charge in [0.1, 0.15) is 0 Å². The number of likely N-dealkylation sites (N-methyl/N-ethyl adjacent to an activating group) is 1. The molecule has 2 aromatic carbocycles. The Bertz CT molecular complexity index is 613. The van der Waals surface area contributed by atoms with E-state index in [2.05, 4.69) is 91.3 Å². The third-order valence-electron chi connectivity index (χ3n) is 3.37. The summed E-state index contributed by atoms with van der Waals surface area (Å²) in [7, 11) is 2.06. The van der Waals surface area contributed by atoms with E-state index in [0.717, 1.165) is 18.5 Å². The van der Waals surface area contributed by atoms with Crippen LogP contribution >= 0.6 is 4.64 Å². The van der Waals surface area contributed by atoms with Crippen molar-refractivity contribution >= 4 is 46.7 Å². The second-order valence-corrected chi connectivity index (χ2v) is 17.4. The third-order valence-corrected chi connectivity index (χ3v) is 10.3. The molecule has 0 unspecified atom stereocenters. The van der Waals surface area contributed by atoms with Gasteiger partial charge in [-0.05, 0) is 0 Å². The molecular weight excluding hydrogens is 409 g/mol. The van der Waals surface area contributed by atoms with Crippen LogP contribution in [0, 0.1) is 0 Å². The minimum absolute atomic E-state index is 0.907. The monoisotopic (exact) mass is 430 g/mol. The van der Waals surface area contributed by atoms with Gasteiger partial charge in [0.05, 0.1) is 0 Å². The molecule has 2 aromatic rings. The molecule has 2 nitrogen and oxygen atoms in total. The van der Waals surface area contributed by atoms with Crippen molar-refractivity contribution in [3.05, 3.63) is 66.2 Å². The van der Waals surface area contributed by atoms with Crippen molar-refractivity contribution in [2.75, 3.05) is 13.6 Å². The Labute approximate surface area is 143 Å². The number of hydrogen-bond donors (Lipinski definition) is 1. The van der Waals surface area contributed by atoms with Gasteiger partial charge >= 0.3 is 143 Å². The molecule has 0 aliphatic rings. The number of amidine groups is 1. The normalized spacial score (nSPS) is 15.2. The van der Waals surface area contributed by atoms with Crippen molar-refractivity contribution in [1.82, 2.24) is 0 Å². The number of benzene rings is 2. The third kappa shape index (κ3) is 4.42. The molecule has 0 amide bonds. The minimum atomic E-state index is -1.69. The van der Waals surface area contributed by atoms with E-state index < -0.39 is 4.64 Å². The number of rotatable bonds is 5. The van der Waals surface area contributed by atoms with Crippen LogP contribution in [-0.4, -0.2) is 54.9 Å². The van der Waals surface area contributed by atoms with Gasteiger partial charge in [0.15, 0.2) is 0 Å². The van der Waals surface area contributed by atoms with Crippen LogP contribution in [0.15, 0.2) is 60.7 Å². The molecule has 0 aliphatic carbocycles. The van der Waals surface area contributed by atoms with Crippen LogP contribution in [0.3, 0.4) is 0 Å². The first-order valence-electron chi connectivity index (χ1n) is 6.76. The van der Waals surface area contributed by atoms with Gasteiger partial charge in [0, 0.05) is 0 Å². The van der Waals surface area contributed by atoms with Gasteiger partial charge in [-0.15, -0.1) is 0 Å². The zero-order valence-corrected chi connectivity index (χ0v) is 16.3. The summed E-state index contributed by atoms with van der Waals surface area (Å²) in [4.78, 5) is 0. The van der Waals surface area contributed by atoms with Crippen LogP contribution in [0.4, 0.5) is 0 Å². The van der Waals surface area contributed by atoms with Gasteiger partial charge in [0.25, 0.3) is 0 Å². The van der Waals surface area contributed by atoms with Crippen LogP contribution in [0.25, 0.3) is 0 Å². The first kappa shape index (κ1) is 16.7. The van der Waals surface area contributed by atoms with Crippen LogP contribution in [0.5, 0.6) is 0 Å². The topological polar surface area (TPSA) is 29.0 Å². The molecule has 0 aliphatic heterocycles. The maximum atomic E-state index is 6.42. The van der Waals surface area contributed by atoms with Gasteiger partial charge in [-0.25, -0.2) is 0 Å². The summed E-state index contributed by atoms with van der Waals surface area (Å²) in [6.45, 7) is 0.911. The standard InChI is InChI=1S/C16H18N2PSe2/c1-18(13-12-14-8-4-2-5-9-14)16(17)19(20,21)15-10-6-3-7-11-15/h2-11,17H,12-13H2,1H3/p+1. The van der Waals surface area contributed by atoms with Crippen molar-refractivity contribution in [2.24, 2.45) is 5.73 Å². The predicted molar refractivity (Wildman–Crippen MR) is 94.9 cm³/mol. The van der Waals surface area contributed by atoms with E-state index in [1.807, 2.05) is 12.1 Å². The first-order valence-corrected chi connectivity index (χ1v) is 13.0. The van der Waals surface area contributed by atoms with E-state index in [9.17, 15) is 0 Å². The molecule has 21 heavy (non-hydrogen) atoms. The Balaban J connectivity index is 2.14. The van der Waals surface area contributed by atoms with Crippen molar-refractivity contribution in [3.63, 3.8) is 0 Å². The molecule has 0 saturated carbocycles. The number of nitrogens with two attached hydrogens (primary N) is 1. The van der Waals surface area contributed by atoms with E-state index in [1.165, 1.54) is 10.9 Å². The van der Waals surface area contributed by atoms with E-state index in [4.69, 9.17) is 5.73 Å². The summed E-state index contributed by atoms with van der Waals surface area (Å²) in [5, 5.41) is 1.24. The SMILES string of the molecule is C[N+](CCc1ccccc1)=C(N)[P+]([Se])([Se-])c1ccccc1. The predicted octanol–water partition coefficient (Wildman–Crippen LogP) is 1.70. The quantitative estimate of drug-likeness (QED) is 0.254. The molecule has 1 radical (unpaired) electrons. The second kappa shape index (κ2) is 7.58. The molecule has 2 N–H and O–H groups in total. The summed E-state index contributed by atoms with van der Waals surface area (Å²) >= 11 is 6.60. The summed E-state index contributed by atoms with van der Waals surface area (Å²) in [6, 6.07) is 20.9. The van der Waals surface area contributed by atoms with Gasteiger partial charge in [-0.2, -0.15) is 0 Å². The number of hydrogen-bond acceptors (Lipinski definition) is 0. The Kier molecular flexibility index (Phi) is 6.05. The fourth-order valence-electron chi connectivity index (χ4n) is 2.04. The zero-order chi connectivity index (χ0) is 15.3. The molecule has 0 heterocycles. The Morgan fingerprint density at radius 1 is 1.10 bits per heavy atom. The molecule has 0 aromatic heterocycles. The van der Waals surface area contributed by atoms with Crippen LogP contribution in [0.1, 0.15) is 5.56 Å². The molecule has 0 fully saturated rings. The van der Waals surface area contributed by atoms with Gasteiger partial charge in [-0.3, -0.25) is 0 Å². The van der Waals surface area contributed by atoms with Crippen molar-refractivity contribution in [1.29, 1.82) is 0 Å². The average Bonchev–Trinajstić information content (AvgIpc) is 2.53. The molecular formula is C16H19N2PSe2+. The van der Waals surface area contributed by atoms with Crippen molar-refractivity contribution in [2.45, 2.75) is 6.42 Å². The molecule has 0 bridgehead atoms. The van der Waals surface area contributed by atoms with Crippen molar-refractivity contribution < 1.29 is 4.58 Å². The van der Waals surface area contributed by atoms with Crippen molar-refractivity contribution in [3.8, 4) is 0 Å². The molecule has 5 heteroatoms. The summed E-state index contributed by atoms with van der Waals surface area (Å²) in [6.07, 6.45) is 0.993. The summed E-state index contributed by atoms with van der Waals surface area (Å²) < 4.78 is 0.461. The molecule has 2 rings (SSSR count). The van der Waals surface area contributed by atoms with Crippen LogP contribution in [0.2, 0.25) is 0 Å². The fourth-order valence-corrected chi connectivity index (χ4v) is 6.70. The van der Waals surface area contributed by atoms with Gasteiger partial charge in [0.2, 0.25) is 0 Å². The van der Waals surface area contributed by atoms with Gasteiger partial charge < -0.3 is 0 Å². The number of nitrogens with zero attached hydrogens (tertiary/aromatic N) is 1. The molecule has 0 saturated heterocycles. The Morgan fingerprint density at radius 3 is 2.19 bits per heavy atom. The van der Waals surface area contributed by atoms with E-state index in [0.29, 0.717) is 0 Å². The molecule has 0 atom stereocenters. The second-order valence-electron chi connectivity index (χ2n) is 4.90. The van der Waals surface area contributed by atoms with E-state index >= 15 is 0 Å². The van der Waals surface area contributed by atoms with Crippen LogP contribution < -0.4 is 11.0 Å². The Hall–Kier alpha value is -0.621. The first-order chi connectivity index (χ1) is 10.0. The maximum absolute atomic E-state index is 6.42. The Morgan fingerprint density at radius 2 is 1.62 bits per heavy atom. The zero-order valence-electron chi connectivity index (χ0n) is 12.0. The summed E-state index contributed by atoms with van der Waals surface area (Å²) in [5.74, 6) is 0. The summed E-state index contributed by atoms with van der Waals surface area (Å²) in [5.41, 5.74) is 8.66.